The summed E-state index contributed by atoms with van der Waals surface area (Å²) in [5, 5.41) is 4.51. The Morgan fingerprint density at radius 1 is 1.03 bits per heavy atom. The summed E-state index contributed by atoms with van der Waals surface area (Å²) in [5.74, 6) is -0.873. The fourth-order valence-corrected chi connectivity index (χ4v) is 2.69. The van der Waals surface area contributed by atoms with E-state index in [1.165, 1.54) is 12.1 Å². The van der Waals surface area contributed by atoms with Crippen LogP contribution in [0.15, 0.2) is 30.3 Å². The zero-order valence-corrected chi connectivity index (χ0v) is 15.0. The number of carbonyl (C=O) groups excluding carboxylic acids is 1. The highest BCUT2D eigenvalue weighted by atomic mass is 19.4. The maximum atomic E-state index is 13.1. The minimum atomic E-state index is -4.80. The number of hydrogen-bond acceptors (Lipinski definition) is 4. The third kappa shape index (κ3) is 5.19. The number of ether oxygens (including phenoxy) is 3. The second kappa shape index (κ2) is 8.59. The predicted octanol–water partition coefficient (Wildman–Crippen LogP) is 4.17. The van der Waals surface area contributed by atoms with Gasteiger partial charge in [0, 0.05) is 24.7 Å². The van der Waals surface area contributed by atoms with Gasteiger partial charge in [0.1, 0.15) is 11.6 Å². The third-order valence-electron chi connectivity index (χ3n) is 4.03. The molecule has 0 spiro atoms. The van der Waals surface area contributed by atoms with Gasteiger partial charge in [-0.15, -0.1) is 0 Å². The number of amides is 2. The summed E-state index contributed by atoms with van der Waals surface area (Å²) in [6, 6.07) is 3.71. The minimum Gasteiger partial charge on any atom is -0.454 e. The molecule has 2 aromatic carbocycles. The van der Waals surface area contributed by atoms with Crippen molar-refractivity contribution in [1.29, 1.82) is 0 Å². The zero-order valence-electron chi connectivity index (χ0n) is 15.0. The number of halogens is 6. The number of carbonyl (C=O) groups is 1. The lowest BCUT2D eigenvalue weighted by molar-refractivity contribution is -0.138. The van der Waals surface area contributed by atoms with E-state index in [9.17, 15) is 31.1 Å². The highest BCUT2D eigenvalue weighted by Crippen LogP contribution is 2.38. The first-order valence-corrected chi connectivity index (χ1v) is 8.38. The molecule has 0 saturated heterocycles. The van der Waals surface area contributed by atoms with Gasteiger partial charge in [0.25, 0.3) is 0 Å². The van der Waals surface area contributed by atoms with Gasteiger partial charge in [0.05, 0.1) is 5.56 Å². The molecule has 0 bridgehead atoms. The Bertz CT molecular complexity index is 936. The number of urea groups is 1. The summed E-state index contributed by atoms with van der Waals surface area (Å²) >= 11 is 0. The molecule has 1 aliphatic rings. The van der Waals surface area contributed by atoms with Crippen LogP contribution < -0.4 is 24.8 Å². The fourth-order valence-electron chi connectivity index (χ4n) is 2.69. The van der Waals surface area contributed by atoms with Gasteiger partial charge < -0.3 is 24.8 Å². The van der Waals surface area contributed by atoms with E-state index in [1.807, 2.05) is 0 Å². The van der Waals surface area contributed by atoms with Gasteiger partial charge in [-0.3, -0.25) is 0 Å². The molecule has 12 heteroatoms. The van der Waals surface area contributed by atoms with E-state index in [4.69, 9.17) is 9.47 Å². The molecule has 0 aromatic heterocycles. The molecule has 1 heterocycles. The van der Waals surface area contributed by atoms with Crippen LogP contribution in [0.2, 0.25) is 0 Å². The lowest BCUT2D eigenvalue weighted by atomic mass is 10.1. The van der Waals surface area contributed by atoms with Crippen LogP contribution in [0.3, 0.4) is 0 Å². The first-order chi connectivity index (χ1) is 14.1. The van der Waals surface area contributed by atoms with Crippen molar-refractivity contribution < 1.29 is 45.3 Å². The molecule has 162 valence electrons. The van der Waals surface area contributed by atoms with Crippen molar-refractivity contribution in [2.45, 2.75) is 25.9 Å². The molecule has 2 aromatic rings. The predicted molar refractivity (Wildman–Crippen MR) is 89.7 cm³/mol. The second-order valence-electron chi connectivity index (χ2n) is 6.03. The van der Waals surface area contributed by atoms with E-state index in [0.717, 1.165) is 12.1 Å². The van der Waals surface area contributed by atoms with Crippen LogP contribution in [0.1, 0.15) is 16.7 Å². The van der Waals surface area contributed by atoms with Gasteiger partial charge in [-0.2, -0.15) is 22.0 Å². The zero-order chi connectivity index (χ0) is 21.9. The normalized spacial score (nSPS) is 12.8. The summed E-state index contributed by atoms with van der Waals surface area (Å²) in [4.78, 5) is 12.0. The molecule has 2 amide bonds. The van der Waals surface area contributed by atoms with Crippen LogP contribution >= 0.6 is 0 Å². The molecular formula is C18H14F6N2O4. The molecule has 0 radical (unpaired) electrons. The SMILES string of the molecule is O=C(NCc1cc2c(cc1OC(F)F)OCO2)NCc1ccc(F)cc1C(F)(F)F. The summed E-state index contributed by atoms with van der Waals surface area (Å²) < 4.78 is 91.9. The second-order valence-corrected chi connectivity index (χ2v) is 6.03. The largest absolute Gasteiger partial charge is 0.454 e. The van der Waals surface area contributed by atoms with Crippen molar-refractivity contribution in [2.75, 3.05) is 6.79 Å². The molecule has 0 saturated carbocycles. The number of hydrogen-bond donors (Lipinski definition) is 2. The average Bonchev–Trinajstić information content (AvgIpc) is 3.11. The van der Waals surface area contributed by atoms with E-state index >= 15 is 0 Å². The molecule has 0 fully saturated rings. The van der Waals surface area contributed by atoms with Crippen molar-refractivity contribution in [3.63, 3.8) is 0 Å². The lowest BCUT2D eigenvalue weighted by Gasteiger charge is -2.15. The third-order valence-corrected chi connectivity index (χ3v) is 4.03. The topological polar surface area (TPSA) is 68.8 Å². The monoisotopic (exact) mass is 436 g/mol. The van der Waals surface area contributed by atoms with Gasteiger partial charge in [-0.1, -0.05) is 6.07 Å². The Kier molecular flexibility index (Phi) is 6.13. The standard InChI is InChI=1S/C18H14F6N2O4/c19-11-2-1-9(12(4-11)18(22,23)24)6-25-17(27)26-7-10-3-14-15(29-8-28-14)5-13(10)30-16(20)21/h1-5,16H,6-8H2,(H2,25,26,27). The molecule has 30 heavy (non-hydrogen) atoms. The van der Waals surface area contributed by atoms with Crippen LogP contribution in [0.5, 0.6) is 17.2 Å². The van der Waals surface area contributed by atoms with Crippen LogP contribution in [-0.4, -0.2) is 19.4 Å². The number of benzene rings is 2. The smallest absolute Gasteiger partial charge is 0.416 e. The molecule has 6 nitrogen and oxygen atoms in total. The van der Waals surface area contributed by atoms with Crippen molar-refractivity contribution in [3.8, 4) is 17.2 Å². The van der Waals surface area contributed by atoms with Gasteiger partial charge in [-0.05, 0) is 23.8 Å². The Morgan fingerprint density at radius 3 is 2.30 bits per heavy atom. The number of rotatable bonds is 6. The summed E-state index contributed by atoms with van der Waals surface area (Å²) in [5.41, 5.74) is -1.43. The Morgan fingerprint density at radius 2 is 1.67 bits per heavy atom. The molecule has 2 N–H and O–H groups in total. The van der Waals surface area contributed by atoms with Crippen LogP contribution in [0.25, 0.3) is 0 Å². The minimum absolute atomic E-state index is 0.111. The van der Waals surface area contributed by atoms with Crippen molar-refractivity contribution >= 4 is 6.03 Å². The number of alkyl halides is 5. The first-order valence-electron chi connectivity index (χ1n) is 8.38. The molecule has 0 unspecified atom stereocenters. The molecule has 3 rings (SSSR count). The Labute approximate surface area is 165 Å². The lowest BCUT2D eigenvalue weighted by Crippen LogP contribution is -2.35. The van der Waals surface area contributed by atoms with Crippen molar-refractivity contribution in [2.24, 2.45) is 0 Å². The molecule has 1 aliphatic heterocycles. The van der Waals surface area contributed by atoms with E-state index < -0.39 is 36.7 Å². The van der Waals surface area contributed by atoms with E-state index in [0.29, 0.717) is 6.07 Å². The number of nitrogens with one attached hydrogen (secondary N) is 2. The summed E-state index contributed by atoms with van der Waals surface area (Å²) in [6.07, 6.45) is -4.80. The Balaban J connectivity index is 1.65. The van der Waals surface area contributed by atoms with E-state index in [-0.39, 0.29) is 41.7 Å². The molecule has 0 aliphatic carbocycles. The van der Waals surface area contributed by atoms with Crippen molar-refractivity contribution in [1.82, 2.24) is 10.6 Å². The summed E-state index contributed by atoms with van der Waals surface area (Å²) in [7, 11) is 0. The number of fused-ring (bicyclic) bond motifs is 1. The van der Waals surface area contributed by atoms with E-state index in [2.05, 4.69) is 15.4 Å². The van der Waals surface area contributed by atoms with Gasteiger partial charge in [0.15, 0.2) is 11.5 Å². The highest BCUT2D eigenvalue weighted by Gasteiger charge is 2.33. The quantitative estimate of drug-likeness (QED) is 0.667. The highest BCUT2D eigenvalue weighted by molar-refractivity contribution is 5.74. The van der Waals surface area contributed by atoms with E-state index in [1.54, 1.807) is 0 Å². The van der Waals surface area contributed by atoms with Crippen molar-refractivity contribution in [3.05, 3.63) is 52.8 Å². The van der Waals surface area contributed by atoms with Crippen LogP contribution in [-0.2, 0) is 19.3 Å². The maximum absolute atomic E-state index is 13.1. The van der Waals surface area contributed by atoms with Gasteiger partial charge in [-0.25, -0.2) is 9.18 Å². The Hall–Kier alpha value is -3.31. The molecule has 0 atom stereocenters. The van der Waals surface area contributed by atoms with Gasteiger partial charge >= 0.3 is 18.8 Å². The maximum Gasteiger partial charge on any atom is 0.416 e. The fraction of sp³-hybridized carbons (Fsp3) is 0.278. The van der Waals surface area contributed by atoms with Crippen LogP contribution in [0.4, 0.5) is 31.1 Å². The molecular weight excluding hydrogens is 422 g/mol. The van der Waals surface area contributed by atoms with Gasteiger partial charge in [0.2, 0.25) is 6.79 Å². The summed E-state index contributed by atoms with van der Waals surface area (Å²) in [6.45, 7) is -4.07. The van der Waals surface area contributed by atoms with Crippen LogP contribution in [0, 0.1) is 5.82 Å². The average molecular weight is 436 g/mol. The first kappa shape index (κ1) is 21.4.